The fourth-order valence-corrected chi connectivity index (χ4v) is 5.03. The lowest BCUT2D eigenvalue weighted by molar-refractivity contribution is -0.146. The van der Waals surface area contributed by atoms with Gasteiger partial charge >= 0.3 is 0 Å². The molecule has 3 atom stereocenters. The molecule has 0 radical (unpaired) electrons. The highest BCUT2D eigenvalue weighted by Gasteiger charge is 2.50. The van der Waals surface area contributed by atoms with E-state index < -0.39 is 0 Å². The molecule has 0 amide bonds. The number of hydrogen-bond acceptors (Lipinski definition) is 5. The molecule has 3 heterocycles. The van der Waals surface area contributed by atoms with Gasteiger partial charge in [-0.1, -0.05) is 60.7 Å². The summed E-state index contributed by atoms with van der Waals surface area (Å²) in [6.07, 6.45) is -0.138. The van der Waals surface area contributed by atoms with E-state index in [1.807, 2.05) is 72.8 Å². The predicted molar refractivity (Wildman–Crippen MR) is 120 cm³/mol. The Hall–Kier alpha value is -3.41. The number of fused-ring (bicyclic) bond motifs is 4. The van der Waals surface area contributed by atoms with Gasteiger partial charge in [0, 0.05) is 25.2 Å². The third kappa shape index (κ3) is 2.81. The van der Waals surface area contributed by atoms with Crippen molar-refractivity contribution in [1.82, 2.24) is 5.06 Å². The molecule has 4 aromatic rings. The van der Waals surface area contributed by atoms with E-state index in [4.69, 9.17) is 9.25 Å². The molecule has 6 rings (SSSR count). The zero-order valence-corrected chi connectivity index (χ0v) is 17.1. The Morgan fingerprint density at radius 3 is 2.32 bits per heavy atom. The lowest BCUT2D eigenvalue weighted by atomic mass is 9.83. The first kappa shape index (κ1) is 18.4. The Balaban J connectivity index is 1.59. The third-order valence-corrected chi connectivity index (χ3v) is 6.41. The summed E-state index contributed by atoms with van der Waals surface area (Å²) in [4.78, 5) is 22.2. The second-order valence-corrected chi connectivity index (χ2v) is 8.18. The van der Waals surface area contributed by atoms with Crippen LogP contribution < -0.4 is 10.3 Å². The van der Waals surface area contributed by atoms with Crippen LogP contribution in [0.25, 0.3) is 11.0 Å². The molecule has 3 aromatic carbocycles. The van der Waals surface area contributed by atoms with Gasteiger partial charge in [-0.3, -0.25) is 9.63 Å². The minimum absolute atomic E-state index is 0.0108. The maximum absolute atomic E-state index is 13.7. The molecule has 0 saturated carbocycles. The number of rotatable bonds is 2. The zero-order chi connectivity index (χ0) is 20.9. The number of para-hydroxylation sites is 2. The van der Waals surface area contributed by atoms with Crippen molar-refractivity contribution in [2.45, 2.75) is 12.1 Å². The summed E-state index contributed by atoms with van der Waals surface area (Å²) in [5.74, 6) is 0.685. The van der Waals surface area contributed by atoms with Crippen molar-refractivity contribution in [3.63, 3.8) is 0 Å². The molecule has 1 saturated heterocycles. The van der Waals surface area contributed by atoms with Gasteiger partial charge in [-0.05, 0) is 29.8 Å². The molecule has 5 nitrogen and oxygen atoms in total. The lowest BCUT2D eigenvalue weighted by Crippen LogP contribution is -2.40. The third-order valence-electron chi connectivity index (χ3n) is 6.41. The van der Waals surface area contributed by atoms with Crippen LogP contribution in [0, 0.1) is 5.92 Å². The first-order valence-electron chi connectivity index (χ1n) is 10.6. The first-order valence-corrected chi connectivity index (χ1v) is 10.6. The summed E-state index contributed by atoms with van der Waals surface area (Å²) >= 11 is 0. The normalized spacial score (nSPS) is 23.0. The van der Waals surface area contributed by atoms with Gasteiger partial charge < -0.3 is 9.32 Å². The molecule has 154 valence electrons. The van der Waals surface area contributed by atoms with Gasteiger partial charge in [0.15, 0.2) is 5.43 Å². The molecule has 0 bridgehead atoms. The van der Waals surface area contributed by atoms with Crippen LogP contribution in [-0.4, -0.2) is 18.7 Å². The number of hydrogen-bond donors (Lipinski definition) is 0. The molecule has 0 unspecified atom stereocenters. The van der Waals surface area contributed by atoms with Gasteiger partial charge in [0.25, 0.3) is 0 Å². The minimum Gasteiger partial charge on any atom is -0.440 e. The standard InChI is InChI=1S/C26H22N2O3/c1-27-23-20(25(31-27)17-10-4-2-5-11-17)16-28(18-12-6-3-7-13-18)26-22(23)24(29)19-14-8-9-15-21(19)30-26/h2-15,20,23,25H,16H2,1H3/t20-,23-,25+/m1/s1. The van der Waals surface area contributed by atoms with Crippen molar-refractivity contribution in [3.05, 3.63) is 106 Å². The Morgan fingerprint density at radius 1 is 0.871 bits per heavy atom. The Kier molecular flexibility index (Phi) is 4.19. The monoisotopic (exact) mass is 410 g/mol. The van der Waals surface area contributed by atoms with Crippen molar-refractivity contribution in [2.75, 3.05) is 18.5 Å². The summed E-state index contributed by atoms with van der Waals surface area (Å²) in [5.41, 5.74) is 3.40. The summed E-state index contributed by atoms with van der Waals surface area (Å²) < 4.78 is 6.37. The molecular weight excluding hydrogens is 388 g/mol. The summed E-state index contributed by atoms with van der Waals surface area (Å²) in [6, 6.07) is 27.6. The van der Waals surface area contributed by atoms with Crippen LogP contribution >= 0.6 is 0 Å². The maximum Gasteiger partial charge on any atom is 0.209 e. The van der Waals surface area contributed by atoms with Crippen LogP contribution in [0.15, 0.2) is 94.1 Å². The molecule has 2 aliphatic heterocycles. The van der Waals surface area contributed by atoms with Gasteiger partial charge in [-0.15, -0.1) is 0 Å². The van der Waals surface area contributed by atoms with Crippen molar-refractivity contribution >= 4 is 22.5 Å². The molecule has 0 aliphatic carbocycles. The average Bonchev–Trinajstić information content (AvgIpc) is 3.16. The number of hydroxylamine groups is 2. The number of nitrogens with zero attached hydrogens (tertiary/aromatic N) is 2. The van der Waals surface area contributed by atoms with Crippen molar-refractivity contribution in [2.24, 2.45) is 5.92 Å². The van der Waals surface area contributed by atoms with Gasteiger partial charge in [-0.2, -0.15) is 5.06 Å². The van der Waals surface area contributed by atoms with Crippen LogP contribution in [-0.2, 0) is 4.84 Å². The largest absolute Gasteiger partial charge is 0.440 e. The van der Waals surface area contributed by atoms with E-state index in [1.54, 1.807) is 0 Å². The molecular formula is C26H22N2O3. The van der Waals surface area contributed by atoms with E-state index in [1.165, 1.54) is 0 Å². The molecule has 0 N–H and O–H groups in total. The smallest absolute Gasteiger partial charge is 0.209 e. The highest BCUT2D eigenvalue weighted by atomic mass is 16.7. The van der Waals surface area contributed by atoms with E-state index in [-0.39, 0.29) is 23.5 Å². The van der Waals surface area contributed by atoms with Crippen LogP contribution in [0.1, 0.15) is 23.3 Å². The topological polar surface area (TPSA) is 45.9 Å². The molecule has 1 fully saturated rings. The Bertz CT molecular complexity index is 1300. The van der Waals surface area contributed by atoms with E-state index in [0.29, 0.717) is 29.0 Å². The van der Waals surface area contributed by atoms with Crippen LogP contribution in [0.2, 0.25) is 0 Å². The molecule has 31 heavy (non-hydrogen) atoms. The SMILES string of the molecule is CN1O[C@@H](c2ccccc2)[C@@H]2CN(c3ccccc3)c3oc4ccccc4c(=O)c3[C@@H]21. The first-order chi connectivity index (χ1) is 15.2. The molecule has 2 aliphatic rings. The summed E-state index contributed by atoms with van der Waals surface area (Å²) in [7, 11) is 1.91. The second kappa shape index (κ2) is 7.08. The van der Waals surface area contributed by atoms with Crippen molar-refractivity contribution in [3.8, 4) is 0 Å². The van der Waals surface area contributed by atoms with E-state index in [2.05, 4.69) is 29.2 Å². The van der Waals surface area contributed by atoms with Gasteiger partial charge in [-0.25, -0.2) is 0 Å². The molecule has 0 spiro atoms. The summed E-state index contributed by atoms with van der Waals surface area (Å²) in [6.45, 7) is 0.687. The average molecular weight is 410 g/mol. The second-order valence-electron chi connectivity index (χ2n) is 8.18. The fraction of sp³-hybridized carbons (Fsp3) is 0.192. The quantitative estimate of drug-likeness (QED) is 0.453. The number of anilines is 2. The van der Waals surface area contributed by atoms with Gasteiger partial charge in [0.2, 0.25) is 5.88 Å². The summed E-state index contributed by atoms with van der Waals surface area (Å²) in [5, 5.41) is 2.45. The fourth-order valence-electron chi connectivity index (χ4n) is 5.03. The zero-order valence-electron chi connectivity index (χ0n) is 17.1. The minimum atomic E-state index is -0.180. The predicted octanol–water partition coefficient (Wildman–Crippen LogP) is 5.22. The van der Waals surface area contributed by atoms with E-state index >= 15 is 0 Å². The highest BCUT2D eigenvalue weighted by Crippen LogP contribution is 2.52. The van der Waals surface area contributed by atoms with Crippen LogP contribution in [0.4, 0.5) is 11.6 Å². The van der Waals surface area contributed by atoms with Gasteiger partial charge in [0.05, 0.1) is 17.0 Å². The molecule has 1 aromatic heterocycles. The maximum atomic E-state index is 13.7. The van der Waals surface area contributed by atoms with E-state index in [9.17, 15) is 4.79 Å². The van der Waals surface area contributed by atoms with Crippen LogP contribution in [0.3, 0.4) is 0 Å². The molecule has 5 heteroatoms. The van der Waals surface area contributed by atoms with Crippen molar-refractivity contribution < 1.29 is 9.25 Å². The Labute approximate surface area is 180 Å². The lowest BCUT2D eigenvalue weighted by Gasteiger charge is -2.37. The van der Waals surface area contributed by atoms with Gasteiger partial charge in [0.1, 0.15) is 11.7 Å². The van der Waals surface area contributed by atoms with Crippen molar-refractivity contribution in [1.29, 1.82) is 0 Å². The van der Waals surface area contributed by atoms with E-state index in [0.717, 1.165) is 11.3 Å². The Morgan fingerprint density at radius 2 is 1.55 bits per heavy atom. The van der Waals surface area contributed by atoms with Crippen LogP contribution in [0.5, 0.6) is 0 Å². The highest BCUT2D eigenvalue weighted by molar-refractivity contribution is 5.81. The number of benzene rings is 3.